The monoisotopic (exact) mass is 562 g/mol. The van der Waals surface area contributed by atoms with Crippen LogP contribution < -0.4 is 10.1 Å². The molecule has 0 bridgehead atoms. The summed E-state index contributed by atoms with van der Waals surface area (Å²) in [7, 11) is 1.59. The fourth-order valence-corrected chi connectivity index (χ4v) is 4.94. The van der Waals surface area contributed by atoms with Gasteiger partial charge in [-0.2, -0.15) is 11.8 Å². The lowest BCUT2D eigenvalue weighted by Gasteiger charge is -2.19. The molecule has 0 aliphatic heterocycles. The number of ketones is 1. The van der Waals surface area contributed by atoms with Gasteiger partial charge in [0.15, 0.2) is 16.8 Å². The molecule has 3 aromatic rings. The van der Waals surface area contributed by atoms with Gasteiger partial charge in [0.1, 0.15) is 5.75 Å². The third-order valence-electron chi connectivity index (χ3n) is 5.14. The topological polar surface area (TPSA) is 86.1 Å². The molecule has 34 heavy (non-hydrogen) atoms. The second-order valence-electron chi connectivity index (χ2n) is 7.34. The largest absolute Gasteiger partial charge is 0.497 e. The third-order valence-corrected chi connectivity index (χ3v) is 7.28. The number of aromatic nitrogens is 3. The number of hydrogen-bond donors (Lipinski definition) is 1. The average Bonchev–Trinajstić information content (AvgIpc) is 3.28. The first kappa shape index (κ1) is 26.3. The highest BCUT2D eigenvalue weighted by atomic mass is 79.9. The Hall–Kier alpha value is -2.30. The van der Waals surface area contributed by atoms with Gasteiger partial charge in [-0.05, 0) is 61.8 Å². The Morgan fingerprint density at radius 1 is 1.09 bits per heavy atom. The van der Waals surface area contributed by atoms with Crippen molar-refractivity contribution in [3.05, 3.63) is 70.0 Å². The van der Waals surface area contributed by atoms with Gasteiger partial charge in [0.25, 0.3) is 5.91 Å². The van der Waals surface area contributed by atoms with E-state index in [1.165, 1.54) is 11.8 Å². The Morgan fingerprint density at radius 2 is 1.76 bits per heavy atom. The van der Waals surface area contributed by atoms with Crippen molar-refractivity contribution in [3.63, 3.8) is 0 Å². The highest BCUT2D eigenvalue weighted by molar-refractivity contribution is 9.10. The fourth-order valence-electron chi connectivity index (χ4n) is 3.30. The molecule has 1 aromatic heterocycles. The maximum atomic E-state index is 12.9. The lowest BCUT2D eigenvalue weighted by molar-refractivity contribution is 0.0932. The van der Waals surface area contributed by atoms with Gasteiger partial charge in [-0.15, -0.1) is 10.2 Å². The van der Waals surface area contributed by atoms with Crippen LogP contribution in [0.4, 0.5) is 0 Å². The van der Waals surface area contributed by atoms with Gasteiger partial charge in [-0.1, -0.05) is 39.8 Å². The van der Waals surface area contributed by atoms with E-state index in [0.717, 1.165) is 10.2 Å². The molecule has 0 unspecified atom stereocenters. The Bertz CT molecular complexity index is 1100. The number of thioether (sulfide) groups is 2. The van der Waals surface area contributed by atoms with Crippen LogP contribution in [0.3, 0.4) is 0 Å². The molecule has 1 atom stereocenters. The van der Waals surface area contributed by atoms with E-state index in [1.807, 2.05) is 29.9 Å². The summed E-state index contributed by atoms with van der Waals surface area (Å²) >= 11 is 6.45. The van der Waals surface area contributed by atoms with E-state index in [2.05, 4.69) is 31.4 Å². The minimum absolute atomic E-state index is 0.0245. The molecule has 0 radical (unpaired) electrons. The van der Waals surface area contributed by atoms with Crippen LogP contribution in [0.25, 0.3) is 0 Å². The van der Waals surface area contributed by atoms with Crippen molar-refractivity contribution in [2.24, 2.45) is 0 Å². The number of ether oxygens (including phenoxy) is 1. The smallest absolute Gasteiger partial charge is 0.251 e. The van der Waals surface area contributed by atoms with Gasteiger partial charge in [0, 0.05) is 22.1 Å². The van der Waals surface area contributed by atoms with Crippen LogP contribution in [0, 0.1) is 0 Å². The molecule has 7 nitrogen and oxygen atoms in total. The van der Waals surface area contributed by atoms with E-state index in [1.54, 1.807) is 55.3 Å². The number of rotatable bonds is 12. The van der Waals surface area contributed by atoms with E-state index >= 15 is 0 Å². The summed E-state index contributed by atoms with van der Waals surface area (Å²) < 4.78 is 8.08. The first-order valence-corrected chi connectivity index (χ1v) is 13.9. The summed E-state index contributed by atoms with van der Waals surface area (Å²) in [6, 6.07) is 14.0. The van der Waals surface area contributed by atoms with E-state index < -0.39 is 0 Å². The molecule has 0 aliphatic carbocycles. The Labute approximate surface area is 216 Å². The first-order valence-electron chi connectivity index (χ1n) is 10.7. The zero-order valence-electron chi connectivity index (χ0n) is 19.3. The van der Waals surface area contributed by atoms with Gasteiger partial charge in [-0.3, -0.25) is 9.59 Å². The molecule has 1 amide bonds. The first-order chi connectivity index (χ1) is 16.5. The van der Waals surface area contributed by atoms with Crippen LogP contribution in [0.2, 0.25) is 0 Å². The second-order valence-corrected chi connectivity index (χ2v) is 10.2. The molecule has 0 fully saturated rings. The van der Waals surface area contributed by atoms with E-state index in [-0.39, 0.29) is 23.5 Å². The number of Topliss-reactive ketones (excluding diaryl/α,β-unsaturated/α-hetero) is 1. The van der Waals surface area contributed by atoms with Gasteiger partial charge < -0.3 is 14.6 Å². The summed E-state index contributed by atoms with van der Waals surface area (Å²) in [6.07, 6.45) is 2.74. The van der Waals surface area contributed by atoms with Gasteiger partial charge in [0.2, 0.25) is 0 Å². The number of nitrogens with zero attached hydrogens (tertiary/aromatic N) is 3. The van der Waals surface area contributed by atoms with E-state index in [4.69, 9.17) is 4.74 Å². The summed E-state index contributed by atoms with van der Waals surface area (Å²) in [5, 5.41) is 12.5. The summed E-state index contributed by atoms with van der Waals surface area (Å²) in [5.41, 5.74) is 1.20. The van der Waals surface area contributed by atoms with Gasteiger partial charge >= 0.3 is 0 Å². The van der Waals surface area contributed by atoms with Crippen molar-refractivity contribution in [3.8, 4) is 5.75 Å². The molecule has 3 rings (SSSR count). The standard InChI is InChI=1S/C24H27BrN4O3S2/c1-4-29-22(27-28-24(29)34-15-21(30)16-5-9-18(25)10-6-16)20(13-14-33-3)26-23(31)17-7-11-19(32-2)12-8-17/h5-12,20H,4,13-15H2,1-3H3,(H,26,31)/t20-/m1/s1. The molecule has 180 valence electrons. The minimum atomic E-state index is -0.300. The van der Waals surface area contributed by atoms with E-state index in [9.17, 15) is 9.59 Å². The molecular weight excluding hydrogens is 536 g/mol. The molecule has 0 saturated heterocycles. The van der Waals surface area contributed by atoms with Crippen molar-refractivity contribution in [1.82, 2.24) is 20.1 Å². The lowest BCUT2D eigenvalue weighted by Crippen LogP contribution is -2.31. The zero-order chi connectivity index (χ0) is 24.5. The average molecular weight is 564 g/mol. The SMILES string of the molecule is CCn1c(SCC(=O)c2ccc(Br)cc2)nnc1[C@@H](CCSC)NC(=O)c1ccc(OC)cc1. The van der Waals surface area contributed by atoms with Gasteiger partial charge in [0.05, 0.1) is 18.9 Å². The molecule has 10 heteroatoms. The molecule has 0 aliphatic rings. The van der Waals surface area contributed by atoms with Crippen molar-refractivity contribution in [2.45, 2.75) is 31.1 Å². The highest BCUT2D eigenvalue weighted by Gasteiger charge is 2.23. The number of carbonyl (C=O) groups excluding carboxylic acids is 2. The van der Waals surface area contributed by atoms with Crippen LogP contribution in [0.5, 0.6) is 5.75 Å². The number of benzene rings is 2. The highest BCUT2D eigenvalue weighted by Crippen LogP contribution is 2.25. The Kier molecular flexibility index (Phi) is 10.0. The summed E-state index contributed by atoms with van der Waals surface area (Å²) in [4.78, 5) is 25.5. The van der Waals surface area contributed by atoms with Crippen molar-refractivity contribution >= 4 is 51.1 Å². The maximum Gasteiger partial charge on any atom is 0.251 e. The van der Waals surface area contributed by atoms with E-state index in [0.29, 0.717) is 40.8 Å². The van der Waals surface area contributed by atoms with Crippen molar-refractivity contribution in [2.75, 3.05) is 24.9 Å². The number of carbonyl (C=O) groups is 2. The molecule has 1 N–H and O–H groups in total. The summed E-state index contributed by atoms with van der Waals surface area (Å²) in [6.45, 7) is 2.63. The molecular formula is C24H27BrN4O3S2. The normalized spacial score (nSPS) is 11.8. The molecule has 0 spiro atoms. The fraction of sp³-hybridized carbons (Fsp3) is 0.333. The van der Waals surface area contributed by atoms with Crippen molar-refractivity contribution < 1.29 is 14.3 Å². The number of hydrogen-bond acceptors (Lipinski definition) is 7. The van der Waals surface area contributed by atoms with Crippen LogP contribution >= 0.6 is 39.5 Å². The molecule has 1 heterocycles. The van der Waals surface area contributed by atoms with Crippen LogP contribution in [-0.4, -0.2) is 51.3 Å². The number of halogens is 1. The zero-order valence-corrected chi connectivity index (χ0v) is 22.5. The molecule has 2 aromatic carbocycles. The minimum Gasteiger partial charge on any atom is -0.497 e. The van der Waals surface area contributed by atoms with Crippen LogP contribution in [0.1, 0.15) is 45.9 Å². The Balaban J connectivity index is 1.75. The quantitative estimate of drug-likeness (QED) is 0.237. The molecule has 0 saturated carbocycles. The predicted molar refractivity (Wildman–Crippen MR) is 141 cm³/mol. The number of methoxy groups -OCH3 is 1. The second kappa shape index (κ2) is 13.0. The lowest BCUT2D eigenvalue weighted by atomic mass is 10.1. The van der Waals surface area contributed by atoms with Gasteiger partial charge in [-0.25, -0.2) is 0 Å². The predicted octanol–water partition coefficient (Wildman–Crippen LogP) is 5.27. The van der Waals surface area contributed by atoms with Crippen LogP contribution in [-0.2, 0) is 6.54 Å². The summed E-state index contributed by atoms with van der Waals surface area (Å²) in [5.74, 6) is 2.34. The number of amides is 1. The van der Waals surface area contributed by atoms with Crippen molar-refractivity contribution in [1.29, 1.82) is 0 Å². The van der Waals surface area contributed by atoms with Crippen LogP contribution in [0.15, 0.2) is 58.2 Å². The number of nitrogens with one attached hydrogen (secondary N) is 1. The third kappa shape index (κ3) is 6.86. The Morgan fingerprint density at radius 3 is 2.38 bits per heavy atom. The maximum absolute atomic E-state index is 12.9.